The number of nitrogens with one attached hydrogen (secondary N) is 1. The highest BCUT2D eigenvalue weighted by molar-refractivity contribution is 6.31. The van der Waals surface area contributed by atoms with E-state index in [9.17, 15) is 5.11 Å². The molecule has 0 fully saturated rings. The van der Waals surface area contributed by atoms with Gasteiger partial charge in [0.25, 0.3) is 0 Å². The average molecular weight is 286 g/mol. The predicted octanol–water partition coefficient (Wildman–Crippen LogP) is 2.54. The Hall–Kier alpha value is -1.23. The Morgan fingerprint density at radius 3 is 2.94 bits per heavy atom. The number of hydrogen-bond acceptors (Lipinski definition) is 3. The fourth-order valence-corrected chi connectivity index (χ4v) is 1.82. The van der Waals surface area contributed by atoms with Crippen molar-refractivity contribution in [3.8, 4) is 5.69 Å². The molecule has 0 amide bonds. The minimum absolute atomic E-state index is 0.185. The topological polar surface area (TPSA) is 50.1 Å². The quantitative estimate of drug-likeness (QED) is 0.830. The molecular weight excluding hydrogens is 273 g/mol. The number of aliphatic hydroxyl groups excluding tert-OH is 1. The Kier molecular flexibility index (Phi) is 4.47. The van der Waals surface area contributed by atoms with Crippen molar-refractivity contribution < 1.29 is 5.11 Å². The summed E-state index contributed by atoms with van der Waals surface area (Å²) in [4.78, 5) is 0. The smallest absolute Gasteiger partial charge is 0.0877 e. The maximum Gasteiger partial charge on any atom is 0.0877 e. The molecule has 1 heterocycles. The number of benzene rings is 1. The zero-order valence-corrected chi connectivity index (χ0v) is 11.1. The summed E-state index contributed by atoms with van der Waals surface area (Å²) in [6.45, 7) is 0.359. The molecular formula is C12H13Cl2N3O. The van der Waals surface area contributed by atoms with E-state index in [1.165, 1.54) is 0 Å². The van der Waals surface area contributed by atoms with Gasteiger partial charge < -0.3 is 10.4 Å². The van der Waals surface area contributed by atoms with Gasteiger partial charge in [-0.05, 0) is 24.3 Å². The number of aliphatic hydroxyl groups is 1. The first kappa shape index (κ1) is 13.2. The average Bonchev–Trinajstić information content (AvgIpc) is 2.89. The van der Waals surface area contributed by atoms with E-state index in [0.717, 1.165) is 11.4 Å². The summed E-state index contributed by atoms with van der Waals surface area (Å²) >= 11 is 11.5. The van der Waals surface area contributed by atoms with Gasteiger partial charge in [-0.15, -0.1) is 11.6 Å². The van der Waals surface area contributed by atoms with Crippen LogP contribution < -0.4 is 5.32 Å². The van der Waals surface area contributed by atoms with Crippen LogP contribution in [0.15, 0.2) is 36.7 Å². The van der Waals surface area contributed by atoms with Crippen molar-refractivity contribution in [2.45, 2.75) is 6.10 Å². The van der Waals surface area contributed by atoms with Crippen LogP contribution in [0.3, 0.4) is 0 Å². The molecule has 96 valence electrons. The van der Waals surface area contributed by atoms with Gasteiger partial charge in [-0.25, -0.2) is 4.68 Å². The van der Waals surface area contributed by atoms with Gasteiger partial charge in [-0.2, -0.15) is 5.10 Å². The number of halogens is 2. The Morgan fingerprint density at radius 2 is 2.28 bits per heavy atom. The lowest BCUT2D eigenvalue weighted by Gasteiger charge is -2.14. The van der Waals surface area contributed by atoms with E-state index in [-0.39, 0.29) is 5.88 Å². The largest absolute Gasteiger partial charge is 0.390 e. The second kappa shape index (κ2) is 6.09. The first-order valence-corrected chi connectivity index (χ1v) is 6.39. The van der Waals surface area contributed by atoms with E-state index in [1.807, 2.05) is 18.3 Å². The van der Waals surface area contributed by atoms with E-state index in [1.54, 1.807) is 23.0 Å². The van der Waals surface area contributed by atoms with Crippen molar-refractivity contribution >= 4 is 28.9 Å². The summed E-state index contributed by atoms with van der Waals surface area (Å²) < 4.78 is 1.73. The normalized spacial score (nSPS) is 12.4. The lowest BCUT2D eigenvalue weighted by Crippen LogP contribution is -2.21. The molecule has 0 aliphatic heterocycles. The molecule has 1 aromatic carbocycles. The van der Waals surface area contributed by atoms with Crippen molar-refractivity contribution in [1.29, 1.82) is 0 Å². The van der Waals surface area contributed by atoms with E-state index in [0.29, 0.717) is 11.6 Å². The Balaban J connectivity index is 2.24. The zero-order chi connectivity index (χ0) is 13.0. The van der Waals surface area contributed by atoms with Crippen molar-refractivity contribution in [3.63, 3.8) is 0 Å². The van der Waals surface area contributed by atoms with Crippen molar-refractivity contribution in [1.82, 2.24) is 9.78 Å². The first-order chi connectivity index (χ1) is 8.70. The van der Waals surface area contributed by atoms with E-state index < -0.39 is 6.10 Å². The minimum Gasteiger partial charge on any atom is -0.390 e. The monoisotopic (exact) mass is 285 g/mol. The summed E-state index contributed by atoms with van der Waals surface area (Å²) in [5.41, 5.74) is 1.67. The Morgan fingerprint density at radius 1 is 1.44 bits per heavy atom. The molecule has 0 spiro atoms. The van der Waals surface area contributed by atoms with Crippen LogP contribution in [0.25, 0.3) is 5.69 Å². The standard InChI is InChI=1S/C12H13Cl2N3O/c13-7-10(18)8-15-11-6-9(14)2-3-12(11)17-5-1-4-16-17/h1-6,10,15,18H,7-8H2. The van der Waals surface area contributed by atoms with Gasteiger partial charge in [0.2, 0.25) is 0 Å². The maximum atomic E-state index is 9.46. The molecule has 1 unspecified atom stereocenters. The highest BCUT2D eigenvalue weighted by Crippen LogP contribution is 2.24. The van der Waals surface area contributed by atoms with Crippen molar-refractivity contribution in [3.05, 3.63) is 41.7 Å². The molecule has 6 heteroatoms. The fraction of sp³-hybridized carbons (Fsp3) is 0.250. The molecule has 4 nitrogen and oxygen atoms in total. The van der Waals surface area contributed by atoms with Gasteiger partial charge in [0.05, 0.1) is 23.4 Å². The number of rotatable bonds is 5. The second-order valence-electron chi connectivity index (χ2n) is 3.80. The van der Waals surface area contributed by atoms with Crippen LogP contribution in [0.1, 0.15) is 0 Å². The summed E-state index contributed by atoms with van der Waals surface area (Å²) in [6, 6.07) is 7.29. The van der Waals surface area contributed by atoms with Crippen LogP contribution in [0, 0.1) is 0 Å². The summed E-state index contributed by atoms with van der Waals surface area (Å²) in [5.74, 6) is 0.185. The van der Waals surface area contributed by atoms with Gasteiger partial charge in [-0.3, -0.25) is 0 Å². The van der Waals surface area contributed by atoms with Gasteiger partial charge >= 0.3 is 0 Å². The molecule has 18 heavy (non-hydrogen) atoms. The molecule has 0 saturated heterocycles. The molecule has 2 rings (SSSR count). The Labute approximate surface area is 115 Å². The van der Waals surface area contributed by atoms with Crippen LogP contribution in [0.5, 0.6) is 0 Å². The number of aromatic nitrogens is 2. The third-order valence-corrected chi connectivity index (χ3v) is 3.01. The SMILES string of the molecule is OC(CCl)CNc1cc(Cl)ccc1-n1cccn1. The fourth-order valence-electron chi connectivity index (χ4n) is 1.54. The molecule has 0 aliphatic carbocycles. The summed E-state index contributed by atoms with van der Waals surface area (Å²) in [6.07, 6.45) is 2.94. The molecule has 0 aliphatic rings. The first-order valence-electron chi connectivity index (χ1n) is 5.48. The highest BCUT2D eigenvalue weighted by Gasteiger charge is 2.08. The van der Waals surface area contributed by atoms with Crippen molar-refractivity contribution in [2.24, 2.45) is 0 Å². The number of hydrogen-bond donors (Lipinski definition) is 2. The molecule has 2 aromatic rings. The number of anilines is 1. The number of nitrogens with zero attached hydrogens (tertiary/aromatic N) is 2. The second-order valence-corrected chi connectivity index (χ2v) is 4.55. The maximum absolute atomic E-state index is 9.46. The Bertz CT molecular complexity index is 502. The van der Waals surface area contributed by atoms with Crippen LogP contribution >= 0.6 is 23.2 Å². The molecule has 0 saturated carbocycles. The van der Waals surface area contributed by atoms with Crippen LogP contribution in [-0.4, -0.2) is 33.4 Å². The van der Waals surface area contributed by atoms with Crippen LogP contribution in [0.4, 0.5) is 5.69 Å². The van der Waals surface area contributed by atoms with Crippen LogP contribution in [0.2, 0.25) is 5.02 Å². The molecule has 2 N–H and O–H groups in total. The van der Waals surface area contributed by atoms with E-state index in [4.69, 9.17) is 23.2 Å². The predicted molar refractivity (Wildman–Crippen MR) is 73.8 cm³/mol. The lowest BCUT2D eigenvalue weighted by molar-refractivity contribution is 0.211. The van der Waals surface area contributed by atoms with E-state index in [2.05, 4.69) is 10.4 Å². The summed E-state index contributed by atoms with van der Waals surface area (Å²) in [7, 11) is 0. The third-order valence-electron chi connectivity index (χ3n) is 2.42. The minimum atomic E-state index is -0.601. The molecule has 1 atom stereocenters. The van der Waals surface area contributed by atoms with Gasteiger partial charge in [-0.1, -0.05) is 11.6 Å². The van der Waals surface area contributed by atoms with E-state index >= 15 is 0 Å². The van der Waals surface area contributed by atoms with Gasteiger partial charge in [0, 0.05) is 24.0 Å². The summed E-state index contributed by atoms with van der Waals surface area (Å²) in [5, 5.41) is 17.4. The highest BCUT2D eigenvalue weighted by atomic mass is 35.5. The molecule has 0 bridgehead atoms. The zero-order valence-electron chi connectivity index (χ0n) is 9.55. The van der Waals surface area contributed by atoms with Crippen LogP contribution in [-0.2, 0) is 0 Å². The molecule has 0 radical (unpaired) electrons. The van der Waals surface area contributed by atoms with Crippen molar-refractivity contribution in [2.75, 3.05) is 17.7 Å². The number of alkyl halides is 1. The van der Waals surface area contributed by atoms with Gasteiger partial charge in [0.1, 0.15) is 0 Å². The lowest BCUT2D eigenvalue weighted by atomic mass is 10.2. The third kappa shape index (κ3) is 3.16. The van der Waals surface area contributed by atoms with Gasteiger partial charge in [0.15, 0.2) is 0 Å². The molecule has 1 aromatic heterocycles.